The Kier molecular flexibility index (Phi) is 3.17. The summed E-state index contributed by atoms with van der Waals surface area (Å²) in [5.74, 6) is 0.517. The molecule has 14 heavy (non-hydrogen) atoms. The first-order valence-electron chi connectivity index (χ1n) is 4.61. The summed E-state index contributed by atoms with van der Waals surface area (Å²) in [5, 5.41) is 10.5. The van der Waals surface area contributed by atoms with Crippen LogP contribution >= 0.6 is 0 Å². The molecule has 0 bridgehead atoms. The molecule has 0 aliphatic heterocycles. The monoisotopic (exact) mass is 194 g/mol. The highest BCUT2D eigenvalue weighted by Crippen LogP contribution is 2.16. The molecule has 0 spiro atoms. The Labute approximate surface area is 83.1 Å². The standard InChI is InChI=1S/C10H14N2O2/c1-7(2)6-9-4-5-10(12(13)14)8(3)11-9/h4-5,7H,6H2,1-3H3. The van der Waals surface area contributed by atoms with Crippen molar-refractivity contribution in [1.29, 1.82) is 0 Å². The molecule has 0 aliphatic carbocycles. The Morgan fingerprint density at radius 2 is 2.14 bits per heavy atom. The highest BCUT2D eigenvalue weighted by atomic mass is 16.6. The van der Waals surface area contributed by atoms with E-state index < -0.39 is 4.92 Å². The number of aromatic nitrogens is 1. The van der Waals surface area contributed by atoms with Crippen molar-refractivity contribution in [3.8, 4) is 0 Å². The molecule has 4 nitrogen and oxygen atoms in total. The second-order valence-corrected chi connectivity index (χ2v) is 3.76. The van der Waals surface area contributed by atoms with E-state index in [0.29, 0.717) is 11.6 Å². The van der Waals surface area contributed by atoms with E-state index in [1.165, 1.54) is 6.07 Å². The van der Waals surface area contributed by atoms with Crippen molar-refractivity contribution in [2.75, 3.05) is 0 Å². The van der Waals surface area contributed by atoms with Gasteiger partial charge in [0.15, 0.2) is 0 Å². The van der Waals surface area contributed by atoms with E-state index in [1.807, 2.05) is 0 Å². The molecule has 0 aliphatic rings. The molecule has 0 fully saturated rings. The molecule has 0 saturated carbocycles. The van der Waals surface area contributed by atoms with Crippen LogP contribution in [0.4, 0.5) is 5.69 Å². The van der Waals surface area contributed by atoms with Crippen LogP contribution in [0.25, 0.3) is 0 Å². The third-order valence-corrected chi connectivity index (χ3v) is 1.93. The topological polar surface area (TPSA) is 56.0 Å². The summed E-state index contributed by atoms with van der Waals surface area (Å²) in [6.07, 6.45) is 0.860. The Balaban J connectivity index is 2.94. The van der Waals surface area contributed by atoms with Gasteiger partial charge in [0.25, 0.3) is 5.69 Å². The maximum atomic E-state index is 10.5. The van der Waals surface area contributed by atoms with Crippen LogP contribution in [0.1, 0.15) is 25.2 Å². The molecule has 1 aromatic rings. The zero-order valence-electron chi connectivity index (χ0n) is 8.65. The summed E-state index contributed by atoms with van der Waals surface area (Å²) < 4.78 is 0. The fourth-order valence-electron chi connectivity index (χ4n) is 1.33. The number of nitrogens with zero attached hydrogens (tertiary/aromatic N) is 2. The van der Waals surface area contributed by atoms with Crippen LogP contribution in [0.5, 0.6) is 0 Å². The SMILES string of the molecule is Cc1nc(CC(C)C)ccc1[N+](=O)[O-]. The van der Waals surface area contributed by atoms with E-state index in [-0.39, 0.29) is 5.69 Å². The van der Waals surface area contributed by atoms with Gasteiger partial charge in [-0.3, -0.25) is 15.1 Å². The van der Waals surface area contributed by atoms with E-state index in [0.717, 1.165) is 12.1 Å². The molecular formula is C10H14N2O2. The summed E-state index contributed by atoms with van der Waals surface area (Å²) in [5.41, 5.74) is 1.51. The molecule has 0 amide bonds. The minimum atomic E-state index is -0.401. The quantitative estimate of drug-likeness (QED) is 0.548. The lowest BCUT2D eigenvalue weighted by molar-refractivity contribution is -0.385. The molecule has 0 atom stereocenters. The number of hydrogen-bond acceptors (Lipinski definition) is 3. The lowest BCUT2D eigenvalue weighted by Crippen LogP contribution is -2.01. The van der Waals surface area contributed by atoms with E-state index >= 15 is 0 Å². The Bertz CT molecular complexity index is 348. The van der Waals surface area contributed by atoms with Gasteiger partial charge in [0.1, 0.15) is 5.69 Å². The maximum Gasteiger partial charge on any atom is 0.290 e. The van der Waals surface area contributed by atoms with Gasteiger partial charge in [0.05, 0.1) is 4.92 Å². The molecule has 1 heterocycles. The van der Waals surface area contributed by atoms with Crippen molar-refractivity contribution >= 4 is 5.69 Å². The minimum Gasteiger partial charge on any atom is -0.258 e. The lowest BCUT2D eigenvalue weighted by Gasteiger charge is -2.04. The molecule has 1 aromatic heterocycles. The Hall–Kier alpha value is -1.45. The smallest absolute Gasteiger partial charge is 0.258 e. The fourth-order valence-corrected chi connectivity index (χ4v) is 1.33. The van der Waals surface area contributed by atoms with Gasteiger partial charge in [0, 0.05) is 11.8 Å². The van der Waals surface area contributed by atoms with Gasteiger partial charge in [-0.25, -0.2) is 0 Å². The van der Waals surface area contributed by atoms with Crippen LogP contribution in [0.3, 0.4) is 0 Å². The van der Waals surface area contributed by atoms with Crippen LogP contribution in [0.2, 0.25) is 0 Å². The van der Waals surface area contributed by atoms with E-state index in [1.54, 1.807) is 13.0 Å². The largest absolute Gasteiger partial charge is 0.290 e. The van der Waals surface area contributed by atoms with Crippen molar-refractivity contribution < 1.29 is 4.92 Å². The molecule has 0 aromatic carbocycles. The number of rotatable bonds is 3. The van der Waals surface area contributed by atoms with Crippen LogP contribution in [0, 0.1) is 23.0 Å². The van der Waals surface area contributed by atoms with Gasteiger partial charge in [-0.1, -0.05) is 13.8 Å². The summed E-state index contributed by atoms with van der Waals surface area (Å²) in [7, 11) is 0. The normalized spacial score (nSPS) is 10.6. The molecule has 0 unspecified atom stereocenters. The number of nitro groups is 1. The maximum absolute atomic E-state index is 10.5. The van der Waals surface area contributed by atoms with Gasteiger partial charge in [0.2, 0.25) is 0 Å². The Morgan fingerprint density at radius 3 is 2.57 bits per heavy atom. The number of hydrogen-bond donors (Lipinski definition) is 0. The first-order valence-corrected chi connectivity index (χ1v) is 4.61. The Morgan fingerprint density at radius 1 is 1.50 bits per heavy atom. The van der Waals surface area contributed by atoms with Crippen molar-refractivity contribution in [3.05, 3.63) is 33.6 Å². The van der Waals surface area contributed by atoms with Crippen LogP contribution in [-0.2, 0) is 6.42 Å². The summed E-state index contributed by atoms with van der Waals surface area (Å²) in [6.45, 7) is 5.86. The highest BCUT2D eigenvalue weighted by Gasteiger charge is 2.11. The summed E-state index contributed by atoms with van der Waals surface area (Å²) in [4.78, 5) is 14.3. The number of aryl methyl sites for hydroxylation is 1. The van der Waals surface area contributed by atoms with Gasteiger partial charge in [-0.15, -0.1) is 0 Å². The first kappa shape index (κ1) is 10.6. The molecule has 0 saturated heterocycles. The van der Waals surface area contributed by atoms with Crippen molar-refractivity contribution in [2.45, 2.75) is 27.2 Å². The fraction of sp³-hybridized carbons (Fsp3) is 0.500. The predicted molar refractivity (Wildman–Crippen MR) is 54.2 cm³/mol. The number of pyridine rings is 1. The lowest BCUT2D eigenvalue weighted by atomic mass is 10.1. The second kappa shape index (κ2) is 4.17. The van der Waals surface area contributed by atoms with Crippen LogP contribution < -0.4 is 0 Å². The zero-order valence-corrected chi connectivity index (χ0v) is 8.65. The second-order valence-electron chi connectivity index (χ2n) is 3.76. The van der Waals surface area contributed by atoms with Crippen molar-refractivity contribution in [1.82, 2.24) is 4.98 Å². The molecular weight excluding hydrogens is 180 g/mol. The van der Waals surface area contributed by atoms with Gasteiger partial charge in [-0.05, 0) is 25.3 Å². The molecule has 76 valence electrons. The third kappa shape index (κ3) is 2.52. The van der Waals surface area contributed by atoms with Gasteiger partial charge < -0.3 is 0 Å². The van der Waals surface area contributed by atoms with Crippen molar-refractivity contribution in [3.63, 3.8) is 0 Å². The average molecular weight is 194 g/mol. The van der Waals surface area contributed by atoms with Crippen LogP contribution in [-0.4, -0.2) is 9.91 Å². The highest BCUT2D eigenvalue weighted by molar-refractivity contribution is 5.35. The van der Waals surface area contributed by atoms with Crippen molar-refractivity contribution in [2.24, 2.45) is 5.92 Å². The van der Waals surface area contributed by atoms with E-state index in [2.05, 4.69) is 18.8 Å². The summed E-state index contributed by atoms with van der Waals surface area (Å²) >= 11 is 0. The minimum absolute atomic E-state index is 0.0949. The van der Waals surface area contributed by atoms with E-state index in [4.69, 9.17) is 0 Å². The summed E-state index contributed by atoms with van der Waals surface area (Å²) in [6, 6.07) is 3.26. The first-order chi connectivity index (χ1) is 6.50. The predicted octanol–water partition coefficient (Wildman–Crippen LogP) is 2.50. The zero-order chi connectivity index (χ0) is 10.7. The molecule has 4 heteroatoms. The van der Waals surface area contributed by atoms with E-state index in [9.17, 15) is 10.1 Å². The molecule has 0 radical (unpaired) electrons. The molecule has 1 rings (SSSR count). The van der Waals surface area contributed by atoms with Crippen LogP contribution in [0.15, 0.2) is 12.1 Å². The third-order valence-electron chi connectivity index (χ3n) is 1.93. The average Bonchev–Trinajstić information content (AvgIpc) is 2.01. The molecule has 0 N–H and O–H groups in total. The van der Waals surface area contributed by atoms with Gasteiger partial charge >= 0.3 is 0 Å². The van der Waals surface area contributed by atoms with Gasteiger partial charge in [-0.2, -0.15) is 0 Å².